The number of methoxy groups -OCH3 is 1. The Morgan fingerprint density at radius 1 is 1.32 bits per heavy atom. The standard InChI is InChI=1S/C17H26N2O3/c1-5-8-19(9-13-6-7-13)10-14(20)16-11(2)15(12(3)18-16)17(21)22-4/h13,18H,5-10H2,1-4H3. The highest BCUT2D eigenvalue weighted by atomic mass is 16.5. The van der Waals surface area contributed by atoms with Crippen LogP contribution in [0.15, 0.2) is 0 Å². The van der Waals surface area contributed by atoms with Gasteiger partial charge < -0.3 is 9.72 Å². The summed E-state index contributed by atoms with van der Waals surface area (Å²) in [5, 5.41) is 0. The van der Waals surface area contributed by atoms with Crippen molar-refractivity contribution in [2.45, 2.75) is 40.0 Å². The van der Waals surface area contributed by atoms with Gasteiger partial charge in [0.2, 0.25) is 0 Å². The first-order chi connectivity index (χ1) is 10.5. The van der Waals surface area contributed by atoms with Crippen molar-refractivity contribution >= 4 is 11.8 Å². The summed E-state index contributed by atoms with van der Waals surface area (Å²) in [7, 11) is 1.36. The number of aromatic amines is 1. The second-order valence-electron chi connectivity index (χ2n) is 6.22. The number of aromatic nitrogens is 1. The zero-order chi connectivity index (χ0) is 16.3. The maximum atomic E-state index is 12.6. The van der Waals surface area contributed by atoms with Crippen LogP contribution in [0.2, 0.25) is 0 Å². The molecule has 1 aromatic rings. The van der Waals surface area contributed by atoms with Crippen LogP contribution >= 0.6 is 0 Å². The molecule has 1 N–H and O–H groups in total. The Balaban J connectivity index is 2.12. The second-order valence-corrected chi connectivity index (χ2v) is 6.22. The van der Waals surface area contributed by atoms with Gasteiger partial charge in [-0.05, 0) is 51.1 Å². The van der Waals surface area contributed by atoms with E-state index in [0.29, 0.717) is 29.1 Å². The Morgan fingerprint density at radius 3 is 2.55 bits per heavy atom. The van der Waals surface area contributed by atoms with Gasteiger partial charge in [0.15, 0.2) is 5.78 Å². The van der Waals surface area contributed by atoms with E-state index in [9.17, 15) is 9.59 Å². The van der Waals surface area contributed by atoms with E-state index in [1.54, 1.807) is 13.8 Å². The minimum Gasteiger partial charge on any atom is -0.465 e. The van der Waals surface area contributed by atoms with E-state index in [0.717, 1.165) is 25.4 Å². The molecule has 0 radical (unpaired) electrons. The summed E-state index contributed by atoms with van der Waals surface area (Å²) in [6.07, 6.45) is 3.60. The zero-order valence-electron chi connectivity index (χ0n) is 14.0. The first-order valence-electron chi connectivity index (χ1n) is 8.00. The van der Waals surface area contributed by atoms with Gasteiger partial charge in [0.05, 0.1) is 24.9 Å². The van der Waals surface area contributed by atoms with E-state index in [-0.39, 0.29) is 5.78 Å². The number of aryl methyl sites for hydroxylation is 1. The topological polar surface area (TPSA) is 62.4 Å². The zero-order valence-corrected chi connectivity index (χ0v) is 14.0. The molecule has 1 heterocycles. The van der Waals surface area contributed by atoms with Gasteiger partial charge in [-0.25, -0.2) is 4.79 Å². The molecular formula is C17H26N2O3. The van der Waals surface area contributed by atoms with Gasteiger partial charge in [-0.1, -0.05) is 6.92 Å². The summed E-state index contributed by atoms with van der Waals surface area (Å²) in [5.41, 5.74) is 2.40. The minimum atomic E-state index is -0.395. The Bertz CT molecular complexity index is 558. The van der Waals surface area contributed by atoms with Crippen molar-refractivity contribution in [3.05, 3.63) is 22.5 Å². The fourth-order valence-electron chi connectivity index (χ4n) is 2.94. The largest absolute Gasteiger partial charge is 0.465 e. The Morgan fingerprint density at radius 2 is 2.00 bits per heavy atom. The van der Waals surface area contributed by atoms with Crippen molar-refractivity contribution in [1.29, 1.82) is 0 Å². The average molecular weight is 306 g/mol. The smallest absolute Gasteiger partial charge is 0.339 e. The summed E-state index contributed by atoms with van der Waals surface area (Å²) >= 11 is 0. The third-order valence-electron chi connectivity index (χ3n) is 4.23. The average Bonchev–Trinajstić information content (AvgIpc) is 3.23. The molecule has 2 rings (SSSR count). The number of nitrogens with one attached hydrogen (secondary N) is 1. The highest BCUT2D eigenvalue weighted by Crippen LogP contribution is 2.30. The van der Waals surface area contributed by atoms with Crippen LogP contribution in [0.1, 0.15) is 58.3 Å². The summed E-state index contributed by atoms with van der Waals surface area (Å²) in [6.45, 7) is 8.07. The Kier molecular flexibility index (Phi) is 5.40. The van der Waals surface area contributed by atoms with Crippen LogP contribution in [-0.2, 0) is 4.74 Å². The SMILES string of the molecule is CCCN(CC(=O)c1[nH]c(C)c(C(=O)OC)c1C)CC1CC1. The number of carbonyl (C=O) groups excluding carboxylic acids is 2. The van der Waals surface area contributed by atoms with E-state index in [4.69, 9.17) is 4.74 Å². The number of hydrogen-bond donors (Lipinski definition) is 1. The van der Waals surface area contributed by atoms with Gasteiger partial charge in [-0.2, -0.15) is 0 Å². The molecular weight excluding hydrogens is 280 g/mol. The minimum absolute atomic E-state index is 0.0462. The predicted octanol–water partition coefficient (Wildman–Crippen LogP) is 2.72. The molecule has 0 aliphatic heterocycles. The lowest BCUT2D eigenvalue weighted by Gasteiger charge is -2.20. The molecule has 5 heteroatoms. The monoisotopic (exact) mass is 306 g/mol. The number of rotatable bonds is 8. The lowest BCUT2D eigenvalue weighted by molar-refractivity contribution is 0.0599. The quantitative estimate of drug-likeness (QED) is 0.592. The first-order valence-corrected chi connectivity index (χ1v) is 8.00. The number of ether oxygens (including phenoxy) is 1. The van der Waals surface area contributed by atoms with Crippen molar-refractivity contribution in [2.75, 3.05) is 26.7 Å². The van der Waals surface area contributed by atoms with E-state index < -0.39 is 5.97 Å². The van der Waals surface area contributed by atoms with Gasteiger partial charge in [-0.15, -0.1) is 0 Å². The van der Waals surface area contributed by atoms with Crippen LogP contribution < -0.4 is 0 Å². The molecule has 1 aliphatic rings. The van der Waals surface area contributed by atoms with E-state index in [1.807, 2.05) is 0 Å². The van der Waals surface area contributed by atoms with Crippen LogP contribution in [0, 0.1) is 19.8 Å². The van der Waals surface area contributed by atoms with Crippen LogP contribution in [0.3, 0.4) is 0 Å². The Hall–Kier alpha value is -1.62. The number of nitrogens with zero attached hydrogens (tertiary/aromatic N) is 1. The van der Waals surface area contributed by atoms with Gasteiger partial charge in [-0.3, -0.25) is 9.69 Å². The van der Waals surface area contributed by atoms with Gasteiger partial charge in [0, 0.05) is 12.2 Å². The summed E-state index contributed by atoms with van der Waals surface area (Å²) in [5.74, 6) is 0.412. The first kappa shape index (κ1) is 16.7. The van der Waals surface area contributed by atoms with Crippen LogP contribution in [0.5, 0.6) is 0 Å². The van der Waals surface area contributed by atoms with Crippen molar-refractivity contribution in [2.24, 2.45) is 5.92 Å². The van der Waals surface area contributed by atoms with Crippen molar-refractivity contribution in [3.8, 4) is 0 Å². The molecule has 0 spiro atoms. The van der Waals surface area contributed by atoms with Crippen LogP contribution in [0.4, 0.5) is 0 Å². The Labute approximate surface area is 132 Å². The molecule has 122 valence electrons. The fraction of sp³-hybridized carbons (Fsp3) is 0.647. The maximum absolute atomic E-state index is 12.6. The number of Topliss-reactive ketones (excluding diaryl/α,β-unsaturated/α-hetero) is 1. The predicted molar refractivity (Wildman–Crippen MR) is 85.4 cm³/mol. The van der Waals surface area contributed by atoms with Gasteiger partial charge in [0.25, 0.3) is 0 Å². The molecule has 1 aliphatic carbocycles. The van der Waals surface area contributed by atoms with Crippen molar-refractivity contribution in [3.63, 3.8) is 0 Å². The molecule has 0 unspecified atom stereocenters. The number of esters is 1. The summed E-state index contributed by atoms with van der Waals surface area (Å²) < 4.78 is 4.79. The molecule has 0 saturated heterocycles. The molecule has 1 saturated carbocycles. The van der Waals surface area contributed by atoms with Gasteiger partial charge in [0.1, 0.15) is 0 Å². The summed E-state index contributed by atoms with van der Waals surface area (Å²) in [4.78, 5) is 29.7. The number of hydrogen-bond acceptors (Lipinski definition) is 4. The number of H-pyrrole nitrogens is 1. The third-order valence-corrected chi connectivity index (χ3v) is 4.23. The molecule has 0 aromatic carbocycles. The summed E-state index contributed by atoms with van der Waals surface area (Å²) in [6, 6.07) is 0. The molecule has 0 amide bonds. The normalized spacial score (nSPS) is 14.4. The lowest BCUT2D eigenvalue weighted by atomic mass is 10.1. The van der Waals surface area contributed by atoms with Gasteiger partial charge >= 0.3 is 5.97 Å². The van der Waals surface area contributed by atoms with Crippen LogP contribution in [-0.4, -0.2) is 48.4 Å². The molecule has 0 atom stereocenters. The van der Waals surface area contributed by atoms with Crippen LogP contribution in [0.25, 0.3) is 0 Å². The highest BCUT2D eigenvalue weighted by molar-refractivity contribution is 6.02. The molecule has 22 heavy (non-hydrogen) atoms. The van der Waals surface area contributed by atoms with E-state index >= 15 is 0 Å². The lowest BCUT2D eigenvalue weighted by Crippen LogP contribution is -2.33. The highest BCUT2D eigenvalue weighted by Gasteiger charge is 2.27. The van der Waals surface area contributed by atoms with Crippen molar-refractivity contribution < 1.29 is 14.3 Å². The van der Waals surface area contributed by atoms with E-state index in [2.05, 4.69) is 16.8 Å². The molecule has 0 bridgehead atoms. The third kappa shape index (κ3) is 3.77. The molecule has 1 aromatic heterocycles. The molecule has 1 fully saturated rings. The fourth-order valence-corrected chi connectivity index (χ4v) is 2.94. The number of ketones is 1. The second kappa shape index (κ2) is 7.09. The van der Waals surface area contributed by atoms with Crippen molar-refractivity contribution in [1.82, 2.24) is 9.88 Å². The van der Waals surface area contributed by atoms with E-state index in [1.165, 1.54) is 20.0 Å². The number of carbonyl (C=O) groups is 2. The maximum Gasteiger partial charge on any atom is 0.339 e. The molecule has 5 nitrogen and oxygen atoms in total.